The quantitative estimate of drug-likeness (QED) is 0.889. The fourth-order valence-electron chi connectivity index (χ4n) is 1.72. The summed E-state index contributed by atoms with van der Waals surface area (Å²) in [6.07, 6.45) is -6.21. The highest BCUT2D eigenvalue weighted by molar-refractivity contribution is 5.28. The molecule has 1 aromatic rings. The Morgan fingerprint density at radius 2 is 1.58 bits per heavy atom. The van der Waals surface area contributed by atoms with Gasteiger partial charge in [0.2, 0.25) is 0 Å². The highest BCUT2D eigenvalue weighted by Gasteiger charge is 2.37. The van der Waals surface area contributed by atoms with Gasteiger partial charge in [0.15, 0.2) is 0 Å². The van der Waals surface area contributed by atoms with Crippen molar-refractivity contribution in [3.63, 3.8) is 0 Å². The van der Waals surface area contributed by atoms with E-state index >= 15 is 0 Å². The van der Waals surface area contributed by atoms with E-state index in [0.717, 1.165) is 5.56 Å². The lowest BCUT2D eigenvalue weighted by molar-refractivity contribution is -0.153. The summed E-state index contributed by atoms with van der Waals surface area (Å²) in [6, 6.07) is 4.92. The van der Waals surface area contributed by atoms with Crippen LogP contribution in [0.1, 0.15) is 44.4 Å². The first-order chi connectivity index (χ1) is 8.51. The summed E-state index contributed by atoms with van der Waals surface area (Å²) in [5.74, 6) is 0. The Kier molecular flexibility index (Phi) is 4.63. The van der Waals surface area contributed by atoms with Crippen molar-refractivity contribution in [2.75, 3.05) is 0 Å². The molecule has 0 heterocycles. The van der Waals surface area contributed by atoms with Crippen LogP contribution in [0.3, 0.4) is 0 Å². The van der Waals surface area contributed by atoms with E-state index in [-0.39, 0.29) is 5.41 Å². The standard InChI is InChI=1S/C14H20F3NO/c1-13(2,3)10-6-4-9(5-7-10)11(19)8-12(18)14(15,16)17/h4-7,11-12,19H,8,18H2,1-3H3/t11-,12+/m1/s1. The molecule has 0 saturated carbocycles. The van der Waals surface area contributed by atoms with E-state index in [2.05, 4.69) is 0 Å². The molecule has 1 rings (SSSR count). The van der Waals surface area contributed by atoms with Crippen molar-refractivity contribution < 1.29 is 18.3 Å². The summed E-state index contributed by atoms with van der Waals surface area (Å²) in [4.78, 5) is 0. The zero-order valence-corrected chi connectivity index (χ0v) is 11.3. The SMILES string of the molecule is CC(C)(C)c1ccc([C@H](O)C[C@H](N)C(F)(F)F)cc1. The third kappa shape index (κ3) is 4.51. The molecule has 0 aliphatic carbocycles. The van der Waals surface area contributed by atoms with Crippen molar-refractivity contribution in [2.45, 2.75) is 50.9 Å². The monoisotopic (exact) mass is 275 g/mol. The zero-order chi connectivity index (χ0) is 14.8. The molecule has 0 aromatic heterocycles. The van der Waals surface area contributed by atoms with E-state index in [9.17, 15) is 18.3 Å². The molecule has 0 amide bonds. The number of alkyl halides is 3. The molecule has 0 aliphatic rings. The van der Waals surface area contributed by atoms with E-state index in [1.165, 1.54) is 0 Å². The van der Waals surface area contributed by atoms with Gasteiger partial charge in [-0.2, -0.15) is 13.2 Å². The van der Waals surface area contributed by atoms with Crippen molar-refractivity contribution in [3.05, 3.63) is 35.4 Å². The molecule has 108 valence electrons. The largest absolute Gasteiger partial charge is 0.403 e. The van der Waals surface area contributed by atoms with Gasteiger partial charge in [-0.15, -0.1) is 0 Å². The number of hydrogen-bond donors (Lipinski definition) is 2. The van der Waals surface area contributed by atoms with Gasteiger partial charge in [-0.3, -0.25) is 0 Å². The summed E-state index contributed by atoms with van der Waals surface area (Å²) in [6.45, 7) is 6.12. The molecule has 3 N–H and O–H groups in total. The van der Waals surface area contributed by atoms with E-state index in [0.29, 0.717) is 5.56 Å². The number of rotatable bonds is 3. The molecule has 0 unspecified atom stereocenters. The Morgan fingerprint density at radius 3 is 1.95 bits per heavy atom. The lowest BCUT2D eigenvalue weighted by Crippen LogP contribution is -2.38. The molecule has 2 atom stereocenters. The third-order valence-electron chi connectivity index (χ3n) is 3.06. The molecule has 0 fully saturated rings. The Morgan fingerprint density at radius 1 is 1.11 bits per heavy atom. The minimum Gasteiger partial charge on any atom is -0.388 e. The number of benzene rings is 1. The van der Waals surface area contributed by atoms with Gasteiger partial charge in [0.25, 0.3) is 0 Å². The highest BCUT2D eigenvalue weighted by Crippen LogP contribution is 2.28. The van der Waals surface area contributed by atoms with Crippen LogP contribution in [-0.4, -0.2) is 17.3 Å². The molecular weight excluding hydrogens is 255 g/mol. The van der Waals surface area contributed by atoms with Crippen LogP contribution in [0.4, 0.5) is 13.2 Å². The van der Waals surface area contributed by atoms with Crippen LogP contribution < -0.4 is 5.73 Å². The smallest absolute Gasteiger partial charge is 0.388 e. The first-order valence-corrected chi connectivity index (χ1v) is 6.12. The Labute approximate surface area is 111 Å². The van der Waals surface area contributed by atoms with Crippen LogP contribution >= 0.6 is 0 Å². The first kappa shape index (κ1) is 16.0. The van der Waals surface area contributed by atoms with Gasteiger partial charge in [-0.1, -0.05) is 45.0 Å². The molecule has 0 bridgehead atoms. The molecule has 1 aromatic carbocycles. The number of aliphatic hydroxyl groups excluding tert-OH is 1. The fourth-order valence-corrected chi connectivity index (χ4v) is 1.72. The maximum Gasteiger partial charge on any atom is 0.403 e. The van der Waals surface area contributed by atoms with Crippen LogP contribution in [0.2, 0.25) is 0 Å². The zero-order valence-electron chi connectivity index (χ0n) is 11.3. The second kappa shape index (κ2) is 5.51. The lowest BCUT2D eigenvalue weighted by Gasteiger charge is -2.21. The van der Waals surface area contributed by atoms with Gasteiger partial charge >= 0.3 is 6.18 Å². The summed E-state index contributed by atoms with van der Waals surface area (Å²) in [5.41, 5.74) is 6.48. The van der Waals surface area contributed by atoms with Gasteiger partial charge < -0.3 is 10.8 Å². The minimum atomic E-state index is -4.48. The predicted molar refractivity (Wildman–Crippen MR) is 68.7 cm³/mol. The summed E-state index contributed by atoms with van der Waals surface area (Å²) in [5, 5.41) is 9.77. The number of hydrogen-bond acceptors (Lipinski definition) is 2. The Balaban J connectivity index is 2.76. The van der Waals surface area contributed by atoms with E-state index in [4.69, 9.17) is 5.73 Å². The second-order valence-electron chi connectivity index (χ2n) is 5.77. The molecular formula is C14H20F3NO. The van der Waals surface area contributed by atoms with Crippen LogP contribution in [0, 0.1) is 0 Å². The average Bonchev–Trinajstić information content (AvgIpc) is 2.26. The fraction of sp³-hybridized carbons (Fsp3) is 0.571. The maximum absolute atomic E-state index is 12.3. The summed E-state index contributed by atoms with van der Waals surface area (Å²) >= 11 is 0. The van der Waals surface area contributed by atoms with Gasteiger partial charge in [-0.25, -0.2) is 0 Å². The van der Waals surface area contributed by atoms with Crippen LogP contribution in [-0.2, 0) is 5.41 Å². The van der Waals surface area contributed by atoms with Crippen molar-refractivity contribution in [1.82, 2.24) is 0 Å². The molecule has 0 radical (unpaired) electrons. The van der Waals surface area contributed by atoms with Gasteiger partial charge in [0.05, 0.1) is 6.10 Å². The molecule has 19 heavy (non-hydrogen) atoms. The number of aliphatic hydroxyl groups is 1. The van der Waals surface area contributed by atoms with Gasteiger partial charge in [0, 0.05) is 6.42 Å². The van der Waals surface area contributed by atoms with Gasteiger partial charge in [-0.05, 0) is 16.5 Å². The van der Waals surface area contributed by atoms with Crippen LogP contribution in [0.25, 0.3) is 0 Å². The Hall–Kier alpha value is -1.07. The highest BCUT2D eigenvalue weighted by atomic mass is 19.4. The van der Waals surface area contributed by atoms with Crippen molar-refractivity contribution in [1.29, 1.82) is 0 Å². The van der Waals surface area contributed by atoms with Gasteiger partial charge in [0.1, 0.15) is 6.04 Å². The molecule has 2 nitrogen and oxygen atoms in total. The summed E-state index contributed by atoms with van der Waals surface area (Å²) < 4.78 is 36.9. The third-order valence-corrected chi connectivity index (χ3v) is 3.06. The molecule has 0 aliphatic heterocycles. The minimum absolute atomic E-state index is 0.0359. The average molecular weight is 275 g/mol. The van der Waals surface area contributed by atoms with Crippen molar-refractivity contribution in [3.8, 4) is 0 Å². The normalized spacial score (nSPS) is 16.2. The first-order valence-electron chi connectivity index (χ1n) is 6.12. The lowest BCUT2D eigenvalue weighted by atomic mass is 9.86. The van der Waals surface area contributed by atoms with Crippen molar-refractivity contribution in [2.24, 2.45) is 5.73 Å². The molecule has 0 spiro atoms. The van der Waals surface area contributed by atoms with Crippen LogP contribution in [0.5, 0.6) is 0 Å². The summed E-state index contributed by atoms with van der Waals surface area (Å²) in [7, 11) is 0. The van der Waals surface area contributed by atoms with E-state index in [1.807, 2.05) is 32.9 Å². The second-order valence-corrected chi connectivity index (χ2v) is 5.77. The van der Waals surface area contributed by atoms with E-state index in [1.54, 1.807) is 12.1 Å². The maximum atomic E-state index is 12.3. The number of nitrogens with two attached hydrogens (primary N) is 1. The van der Waals surface area contributed by atoms with Crippen molar-refractivity contribution >= 4 is 0 Å². The Bertz CT molecular complexity index is 406. The predicted octanol–water partition coefficient (Wildman–Crippen LogP) is 3.30. The number of halogens is 3. The molecule has 0 saturated heterocycles. The molecule has 5 heteroatoms. The van der Waals surface area contributed by atoms with E-state index < -0.39 is 24.7 Å². The topological polar surface area (TPSA) is 46.2 Å². The van der Waals surface area contributed by atoms with Crippen LogP contribution in [0.15, 0.2) is 24.3 Å².